The summed E-state index contributed by atoms with van der Waals surface area (Å²) in [4.78, 5) is 39.9. The van der Waals surface area contributed by atoms with Crippen molar-refractivity contribution in [3.05, 3.63) is 53.1 Å². The molecule has 21 heavy (non-hydrogen) atoms. The van der Waals surface area contributed by atoms with Crippen LogP contribution in [0.25, 0.3) is 0 Å². The van der Waals surface area contributed by atoms with Gasteiger partial charge >= 0.3 is 5.97 Å². The van der Waals surface area contributed by atoms with E-state index in [1.54, 1.807) is 24.3 Å². The van der Waals surface area contributed by atoms with E-state index < -0.39 is 17.8 Å². The van der Waals surface area contributed by atoms with E-state index in [0.717, 1.165) is 6.33 Å². The summed E-state index contributed by atoms with van der Waals surface area (Å²) in [5.41, 5.74) is 5.67. The van der Waals surface area contributed by atoms with Crippen LogP contribution >= 0.6 is 0 Å². The summed E-state index contributed by atoms with van der Waals surface area (Å²) >= 11 is 0. The number of H-pyrrole nitrogens is 1. The van der Waals surface area contributed by atoms with Gasteiger partial charge in [-0.2, -0.15) is 0 Å². The molecule has 0 aliphatic heterocycles. The molecule has 0 fully saturated rings. The third-order valence-corrected chi connectivity index (χ3v) is 2.73. The second-order valence-electron chi connectivity index (χ2n) is 4.18. The number of carboxylic acid groups (broad SMARTS) is 1. The Bertz CT molecular complexity index is 708. The van der Waals surface area contributed by atoms with Gasteiger partial charge in [0.25, 0.3) is 5.91 Å². The Morgan fingerprint density at radius 2 is 2.10 bits per heavy atom. The van der Waals surface area contributed by atoms with Gasteiger partial charge in [-0.25, -0.2) is 9.78 Å². The van der Waals surface area contributed by atoms with E-state index in [1.165, 1.54) is 0 Å². The third kappa shape index (κ3) is 3.24. The number of nitrogens with two attached hydrogens (primary N) is 1. The van der Waals surface area contributed by atoms with Crippen molar-refractivity contribution in [1.82, 2.24) is 15.3 Å². The number of nitrogens with one attached hydrogen (secondary N) is 2. The van der Waals surface area contributed by atoms with E-state index in [-0.39, 0.29) is 17.9 Å². The Hall–Kier alpha value is -3.16. The van der Waals surface area contributed by atoms with Crippen LogP contribution in [0.1, 0.15) is 36.9 Å². The molecule has 0 unspecified atom stereocenters. The molecule has 2 rings (SSSR count). The highest BCUT2D eigenvalue weighted by molar-refractivity contribution is 6.02. The summed E-state index contributed by atoms with van der Waals surface area (Å²) < 4.78 is 0. The number of primary amides is 1. The van der Waals surface area contributed by atoms with E-state index in [2.05, 4.69) is 15.3 Å². The summed E-state index contributed by atoms with van der Waals surface area (Å²) in [6.07, 6.45) is 1.13. The molecule has 2 amide bonds. The molecule has 8 heteroatoms. The van der Waals surface area contributed by atoms with Crippen LogP contribution in [0.15, 0.2) is 30.6 Å². The molecule has 0 spiro atoms. The first-order valence-electron chi connectivity index (χ1n) is 5.92. The second-order valence-corrected chi connectivity index (χ2v) is 4.18. The first-order valence-corrected chi connectivity index (χ1v) is 5.92. The van der Waals surface area contributed by atoms with Crippen LogP contribution in [0.4, 0.5) is 0 Å². The van der Waals surface area contributed by atoms with Crippen molar-refractivity contribution in [2.24, 2.45) is 5.73 Å². The molecule has 8 nitrogen and oxygen atoms in total. The first kappa shape index (κ1) is 14.3. The standard InChI is InChI=1S/C13H12N4O4/c14-11(18)8-3-1-2-7(4-8)5-15-12(19)9-10(13(20)21)17-6-16-9/h1-4,6H,5H2,(H2,14,18)(H,15,19)(H,16,17)(H,20,21). The molecule has 0 bridgehead atoms. The number of imidazole rings is 1. The maximum atomic E-state index is 11.9. The fourth-order valence-electron chi connectivity index (χ4n) is 1.73. The summed E-state index contributed by atoms with van der Waals surface area (Å²) in [5.74, 6) is -2.46. The van der Waals surface area contributed by atoms with Crippen LogP contribution in [-0.2, 0) is 6.54 Å². The van der Waals surface area contributed by atoms with Crippen LogP contribution in [0, 0.1) is 0 Å². The Morgan fingerprint density at radius 1 is 1.33 bits per heavy atom. The number of nitrogens with zero attached hydrogens (tertiary/aromatic N) is 1. The van der Waals surface area contributed by atoms with Crippen LogP contribution in [-0.4, -0.2) is 32.9 Å². The minimum absolute atomic E-state index is 0.117. The summed E-state index contributed by atoms with van der Waals surface area (Å²) in [7, 11) is 0. The minimum Gasteiger partial charge on any atom is -0.477 e. The van der Waals surface area contributed by atoms with Gasteiger partial charge in [-0.05, 0) is 17.7 Å². The average molecular weight is 288 g/mol. The van der Waals surface area contributed by atoms with Crippen LogP contribution < -0.4 is 11.1 Å². The van der Waals surface area contributed by atoms with Crippen LogP contribution in [0.5, 0.6) is 0 Å². The highest BCUT2D eigenvalue weighted by atomic mass is 16.4. The summed E-state index contributed by atoms with van der Waals surface area (Å²) in [6.45, 7) is 0.117. The molecule has 1 aromatic heterocycles. The molecular formula is C13H12N4O4. The van der Waals surface area contributed by atoms with Gasteiger partial charge in [0.15, 0.2) is 11.4 Å². The number of amides is 2. The number of carbonyl (C=O) groups is 3. The predicted octanol–water partition coefficient (Wildman–Crippen LogP) is 0.137. The maximum Gasteiger partial charge on any atom is 0.354 e. The number of aromatic carboxylic acids is 1. The number of rotatable bonds is 5. The smallest absolute Gasteiger partial charge is 0.354 e. The van der Waals surface area contributed by atoms with Crippen LogP contribution in [0.3, 0.4) is 0 Å². The van der Waals surface area contributed by atoms with Crippen molar-refractivity contribution >= 4 is 17.8 Å². The zero-order valence-corrected chi connectivity index (χ0v) is 10.8. The predicted molar refractivity (Wildman–Crippen MR) is 71.7 cm³/mol. The van der Waals surface area contributed by atoms with E-state index in [0.29, 0.717) is 11.1 Å². The minimum atomic E-state index is -1.27. The number of hydrogen-bond donors (Lipinski definition) is 4. The number of benzene rings is 1. The highest BCUT2D eigenvalue weighted by Crippen LogP contribution is 2.06. The van der Waals surface area contributed by atoms with E-state index >= 15 is 0 Å². The van der Waals surface area contributed by atoms with Gasteiger partial charge in [0.1, 0.15) is 0 Å². The van der Waals surface area contributed by atoms with Gasteiger partial charge in [-0.15, -0.1) is 0 Å². The normalized spacial score (nSPS) is 10.1. The number of aromatic amines is 1. The Balaban J connectivity index is 2.07. The van der Waals surface area contributed by atoms with E-state index in [4.69, 9.17) is 10.8 Å². The zero-order valence-electron chi connectivity index (χ0n) is 10.8. The lowest BCUT2D eigenvalue weighted by Crippen LogP contribution is -2.25. The molecule has 0 saturated heterocycles. The Morgan fingerprint density at radius 3 is 2.76 bits per heavy atom. The first-order chi connectivity index (χ1) is 9.99. The molecule has 1 heterocycles. The van der Waals surface area contributed by atoms with E-state index in [1.807, 2.05) is 0 Å². The van der Waals surface area contributed by atoms with Gasteiger partial charge in [0, 0.05) is 12.1 Å². The van der Waals surface area contributed by atoms with Crippen molar-refractivity contribution in [3.8, 4) is 0 Å². The van der Waals surface area contributed by atoms with Gasteiger partial charge in [0.05, 0.1) is 6.33 Å². The number of hydrogen-bond acceptors (Lipinski definition) is 4. The quantitative estimate of drug-likeness (QED) is 0.619. The molecule has 0 radical (unpaired) electrons. The monoisotopic (exact) mass is 288 g/mol. The summed E-state index contributed by atoms with van der Waals surface area (Å²) in [6, 6.07) is 6.45. The molecule has 1 aromatic carbocycles. The highest BCUT2D eigenvalue weighted by Gasteiger charge is 2.19. The average Bonchev–Trinajstić information content (AvgIpc) is 2.94. The Kier molecular flexibility index (Phi) is 3.98. The SMILES string of the molecule is NC(=O)c1cccc(CNC(=O)c2nc[nH]c2C(=O)O)c1. The fourth-order valence-corrected chi connectivity index (χ4v) is 1.73. The van der Waals surface area contributed by atoms with Gasteiger partial charge in [-0.1, -0.05) is 12.1 Å². The van der Waals surface area contributed by atoms with E-state index in [9.17, 15) is 14.4 Å². The largest absolute Gasteiger partial charge is 0.477 e. The molecule has 5 N–H and O–H groups in total. The fraction of sp³-hybridized carbons (Fsp3) is 0.0769. The topological polar surface area (TPSA) is 138 Å². The van der Waals surface area contributed by atoms with Crippen molar-refractivity contribution in [2.75, 3.05) is 0 Å². The van der Waals surface area contributed by atoms with Crippen molar-refractivity contribution in [2.45, 2.75) is 6.54 Å². The molecule has 0 atom stereocenters. The second kappa shape index (κ2) is 5.87. The number of carbonyl (C=O) groups excluding carboxylic acids is 2. The maximum absolute atomic E-state index is 11.9. The number of aromatic nitrogens is 2. The van der Waals surface area contributed by atoms with Crippen LogP contribution in [0.2, 0.25) is 0 Å². The number of carboxylic acids is 1. The molecule has 108 valence electrons. The van der Waals surface area contributed by atoms with Crippen molar-refractivity contribution in [3.63, 3.8) is 0 Å². The molecule has 2 aromatic rings. The lowest BCUT2D eigenvalue weighted by molar-refractivity contribution is 0.0684. The molecule has 0 saturated carbocycles. The van der Waals surface area contributed by atoms with Gasteiger partial charge in [-0.3, -0.25) is 9.59 Å². The molecule has 0 aliphatic rings. The van der Waals surface area contributed by atoms with Crippen molar-refractivity contribution < 1.29 is 19.5 Å². The Labute approximate surface area is 119 Å². The van der Waals surface area contributed by atoms with Crippen molar-refractivity contribution in [1.29, 1.82) is 0 Å². The van der Waals surface area contributed by atoms with Gasteiger partial charge < -0.3 is 21.1 Å². The van der Waals surface area contributed by atoms with Gasteiger partial charge in [0.2, 0.25) is 5.91 Å². The lowest BCUT2D eigenvalue weighted by atomic mass is 10.1. The summed E-state index contributed by atoms with van der Waals surface area (Å²) in [5, 5.41) is 11.4. The third-order valence-electron chi connectivity index (χ3n) is 2.73. The molecule has 0 aliphatic carbocycles. The lowest BCUT2D eigenvalue weighted by Gasteiger charge is -2.05. The zero-order chi connectivity index (χ0) is 15.4. The molecular weight excluding hydrogens is 276 g/mol.